The average molecular weight is 177 g/mol. The molecule has 0 heterocycles. The summed E-state index contributed by atoms with van der Waals surface area (Å²) in [5.74, 6) is 0. The van der Waals surface area contributed by atoms with Crippen molar-refractivity contribution in [2.75, 3.05) is 0 Å². The maximum atomic E-state index is 6.06. The summed E-state index contributed by atoms with van der Waals surface area (Å²) < 4.78 is 0. The molecule has 0 N–H and O–H groups in total. The van der Waals surface area contributed by atoms with Crippen LogP contribution in [0.15, 0.2) is 48.6 Å². The summed E-state index contributed by atoms with van der Waals surface area (Å²) in [6.45, 7) is 0. The Kier molecular flexibility index (Phi) is 2.01. The van der Waals surface area contributed by atoms with Gasteiger partial charge in [0.15, 0.2) is 0 Å². The maximum Gasteiger partial charge on any atom is 0.0775 e. The third-order valence-corrected chi connectivity index (χ3v) is 2.34. The van der Waals surface area contributed by atoms with Crippen molar-refractivity contribution in [1.82, 2.24) is 0 Å². The van der Waals surface area contributed by atoms with Crippen LogP contribution in [0.1, 0.15) is 5.56 Å². The summed E-state index contributed by atoms with van der Waals surface area (Å²) in [6.07, 6.45) is 6.05. The zero-order valence-corrected chi connectivity index (χ0v) is 7.33. The van der Waals surface area contributed by atoms with Crippen LogP contribution in [0.4, 0.5) is 0 Å². The van der Waals surface area contributed by atoms with E-state index in [0.717, 1.165) is 0 Å². The van der Waals surface area contributed by atoms with E-state index in [4.69, 9.17) is 11.6 Å². The molecule has 0 radical (unpaired) electrons. The molecule has 0 saturated heterocycles. The Labute approximate surface area is 77.2 Å². The lowest BCUT2D eigenvalue weighted by molar-refractivity contribution is 1.43. The standard InChI is InChI=1S/C11H9Cl/c12-11-8-4-7-10(11)9-5-2-1-3-6-9/h1-8,11H. The Morgan fingerprint density at radius 3 is 2.42 bits per heavy atom. The van der Waals surface area contributed by atoms with E-state index in [0.29, 0.717) is 0 Å². The van der Waals surface area contributed by atoms with Gasteiger partial charge in [0.1, 0.15) is 0 Å². The molecule has 0 spiro atoms. The predicted octanol–water partition coefficient (Wildman–Crippen LogP) is 3.25. The zero-order valence-electron chi connectivity index (χ0n) is 6.57. The number of halogens is 1. The molecule has 1 heteroatoms. The highest BCUT2D eigenvalue weighted by Gasteiger charge is 2.12. The third-order valence-electron chi connectivity index (χ3n) is 1.96. The minimum Gasteiger partial charge on any atom is -0.113 e. The van der Waals surface area contributed by atoms with E-state index >= 15 is 0 Å². The fourth-order valence-corrected chi connectivity index (χ4v) is 1.62. The molecule has 2 rings (SSSR count). The molecule has 0 saturated carbocycles. The van der Waals surface area contributed by atoms with E-state index in [-0.39, 0.29) is 5.38 Å². The van der Waals surface area contributed by atoms with Crippen LogP contribution in [0.2, 0.25) is 0 Å². The number of benzene rings is 1. The molecule has 1 aliphatic carbocycles. The van der Waals surface area contributed by atoms with Crippen molar-refractivity contribution in [3.05, 3.63) is 54.1 Å². The fraction of sp³-hybridized carbons (Fsp3) is 0.0909. The molecule has 1 aromatic carbocycles. The first kappa shape index (κ1) is 7.63. The van der Waals surface area contributed by atoms with Gasteiger partial charge >= 0.3 is 0 Å². The zero-order chi connectivity index (χ0) is 8.39. The average Bonchev–Trinajstić information content (AvgIpc) is 2.53. The smallest absolute Gasteiger partial charge is 0.0775 e. The van der Waals surface area contributed by atoms with Crippen LogP contribution in [0.25, 0.3) is 5.57 Å². The topological polar surface area (TPSA) is 0 Å². The van der Waals surface area contributed by atoms with Gasteiger partial charge in [-0.2, -0.15) is 0 Å². The molecule has 0 aliphatic heterocycles. The summed E-state index contributed by atoms with van der Waals surface area (Å²) in [6, 6.07) is 10.2. The number of alkyl halides is 1. The molecule has 0 fully saturated rings. The molecule has 0 nitrogen and oxygen atoms in total. The van der Waals surface area contributed by atoms with Crippen molar-refractivity contribution in [2.24, 2.45) is 0 Å². The van der Waals surface area contributed by atoms with E-state index in [1.165, 1.54) is 11.1 Å². The number of hydrogen-bond acceptors (Lipinski definition) is 0. The number of hydrogen-bond donors (Lipinski definition) is 0. The van der Waals surface area contributed by atoms with E-state index < -0.39 is 0 Å². The second-order valence-electron chi connectivity index (χ2n) is 2.77. The maximum absolute atomic E-state index is 6.06. The van der Waals surface area contributed by atoms with Gasteiger partial charge in [0.25, 0.3) is 0 Å². The van der Waals surface area contributed by atoms with Gasteiger partial charge in [-0.3, -0.25) is 0 Å². The predicted molar refractivity (Wildman–Crippen MR) is 53.2 cm³/mol. The Bertz CT molecular complexity index is 322. The van der Waals surface area contributed by atoms with Crippen LogP contribution in [-0.2, 0) is 0 Å². The van der Waals surface area contributed by atoms with Gasteiger partial charge in [-0.15, -0.1) is 11.6 Å². The SMILES string of the molecule is ClC1C=CC=C1c1ccccc1. The van der Waals surface area contributed by atoms with Crippen molar-refractivity contribution < 1.29 is 0 Å². The first-order valence-corrected chi connectivity index (χ1v) is 4.39. The lowest BCUT2D eigenvalue weighted by atomic mass is 10.1. The van der Waals surface area contributed by atoms with Gasteiger partial charge in [0, 0.05) is 0 Å². The highest BCUT2D eigenvalue weighted by atomic mass is 35.5. The summed E-state index contributed by atoms with van der Waals surface area (Å²) >= 11 is 6.06. The molecule has 0 bridgehead atoms. The van der Waals surface area contributed by atoms with Gasteiger partial charge < -0.3 is 0 Å². The number of rotatable bonds is 1. The van der Waals surface area contributed by atoms with Crippen LogP contribution < -0.4 is 0 Å². The molecule has 0 amide bonds. The monoisotopic (exact) mass is 176 g/mol. The summed E-state index contributed by atoms with van der Waals surface area (Å²) in [5.41, 5.74) is 2.40. The van der Waals surface area contributed by atoms with Crippen molar-refractivity contribution in [3.63, 3.8) is 0 Å². The lowest BCUT2D eigenvalue weighted by Crippen LogP contribution is -1.93. The second-order valence-corrected chi connectivity index (χ2v) is 3.24. The molecule has 1 aromatic rings. The quantitative estimate of drug-likeness (QED) is 0.577. The Balaban J connectivity index is 2.34. The number of allylic oxidation sites excluding steroid dienone is 4. The first-order valence-electron chi connectivity index (χ1n) is 3.96. The van der Waals surface area contributed by atoms with Gasteiger partial charge in [-0.05, 0) is 11.1 Å². The minimum atomic E-state index is 0.0485. The molecule has 60 valence electrons. The summed E-state index contributed by atoms with van der Waals surface area (Å²) in [7, 11) is 0. The normalized spacial score (nSPS) is 21.1. The molecule has 1 unspecified atom stereocenters. The second kappa shape index (κ2) is 3.16. The summed E-state index contributed by atoms with van der Waals surface area (Å²) in [4.78, 5) is 0. The summed E-state index contributed by atoms with van der Waals surface area (Å²) in [5, 5.41) is 0.0485. The van der Waals surface area contributed by atoms with Crippen LogP contribution >= 0.6 is 11.6 Å². The van der Waals surface area contributed by atoms with Gasteiger partial charge in [0.05, 0.1) is 5.38 Å². The minimum absolute atomic E-state index is 0.0485. The van der Waals surface area contributed by atoms with Crippen molar-refractivity contribution in [3.8, 4) is 0 Å². The molecule has 1 atom stereocenters. The molecule has 0 aromatic heterocycles. The van der Waals surface area contributed by atoms with Crippen LogP contribution in [-0.4, -0.2) is 5.38 Å². The Morgan fingerprint density at radius 1 is 1.08 bits per heavy atom. The van der Waals surface area contributed by atoms with Gasteiger partial charge in [0.2, 0.25) is 0 Å². The van der Waals surface area contributed by atoms with Crippen LogP contribution in [0.5, 0.6) is 0 Å². The molecular formula is C11H9Cl. The van der Waals surface area contributed by atoms with Crippen molar-refractivity contribution in [1.29, 1.82) is 0 Å². The van der Waals surface area contributed by atoms with Crippen LogP contribution in [0, 0.1) is 0 Å². The van der Waals surface area contributed by atoms with E-state index in [2.05, 4.69) is 18.2 Å². The molecule has 1 aliphatic rings. The van der Waals surface area contributed by atoms with Crippen molar-refractivity contribution >= 4 is 17.2 Å². The lowest BCUT2D eigenvalue weighted by Gasteiger charge is -2.05. The van der Waals surface area contributed by atoms with E-state index in [1.54, 1.807) is 0 Å². The molecular weight excluding hydrogens is 168 g/mol. The Hall–Kier alpha value is -1.01. The third kappa shape index (κ3) is 1.30. The highest BCUT2D eigenvalue weighted by molar-refractivity contribution is 6.28. The largest absolute Gasteiger partial charge is 0.113 e. The van der Waals surface area contributed by atoms with Crippen LogP contribution in [0.3, 0.4) is 0 Å². The molecule has 12 heavy (non-hydrogen) atoms. The Morgan fingerprint density at radius 2 is 1.83 bits per heavy atom. The highest BCUT2D eigenvalue weighted by Crippen LogP contribution is 2.27. The van der Waals surface area contributed by atoms with E-state index in [1.807, 2.05) is 30.4 Å². The van der Waals surface area contributed by atoms with E-state index in [9.17, 15) is 0 Å². The fourth-order valence-electron chi connectivity index (χ4n) is 1.34. The van der Waals surface area contributed by atoms with Gasteiger partial charge in [-0.25, -0.2) is 0 Å². The van der Waals surface area contributed by atoms with Crippen molar-refractivity contribution in [2.45, 2.75) is 5.38 Å². The first-order chi connectivity index (χ1) is 5.88. The van der Waals surface area contributed by atoms with Gasteiger partial charge in [-0.1, -0.05) is 48.6 Å².